The lowest BCUT2D eigenvalue weighted by Crippen LogP contribution is -1.88. The topological polar surface area (TPSA) is 0 Å². The maximum Gasteiger partial charge on any atom is 0.0273 e. The molecule has 0 fully saturated rings. The minimum absolute atomic E-state index is 0.403. The quantitative estimate of drug-likeness (QED) is 0.455. The Morgan fingerprint density at radius 1 is 1.71 bits per heavy atom. The zero-order valence-electron chi connectivity index (χ0n) is 4.69. The number of rotatable bonds is 1. The van der Waals surface area contributed by atoms with Crippen LogP contribution in [0.2, 0.25) is 0 Å². The molecule has 0 aliphatic heterocycles. The summed E-state index contributed by atoms with van der Waals surface area (Å²) < 4.78 is 0. The van der Waals surface area contributed by atoms with E-state index in [1.807, 2.05) is 13.8 Å². The van der Waals surface area contributed by atoms with Crippen molar-refractivity contribution in [3.8, 4) is 11.8 Å². The van der Waals surface area contributed by atoms with Crippen LogP contribution in [0.25, 0.3) is 0 Å². The molecule has 0 nitrogen and oxygen atoms in total. The third-order valence-corrected chi connectivity index (χ3v) is 1.14. The van der Waals surface area contributed by atoms with Crippen LogP contribution in [0.5, 0.6) is 0 Å². The normalized spacial score (nSPS) is 11.9. The lowest BCUT2D eigenvalue weighted by Gasteiger charge is -1.90. The lowest BCUT2D eigenvalue weighted by atomic mass is 10.2. The van der Waals surface area contributed by atoms with Crippen molar-refractivity contribution in [2.75, 3.05) is 5.75 Å². The smallest absolute Gasteiger partial charge is 0.0273 e. The summed E-state index contributed by atoms with van der Waals surface area (Å²) in [6.07, 6.45) is 0. The molecule has 0 saturated carbocycles. The Kier molecular flexibility index (Phi) is 4.03. The molecule has 0 aromatic heterocycles. The van der Waals surface area contributed by atoms with Gasteiger partial charge < -0.3 is 0 Å². The first-order chi connectivity index (χ1) is 3.31. The van der Waals surface area contributed by atoms with E-state index < -0.39 is 0 Å². The van der Waals surface area contributed by atoms with Crippen molar-refractivity contribution >= 4 is 12.6 Å². The third-order valence-electron chi connectivity index (χ3n) is 0.641. The Hall–Kier alpha value is -0.0900. The second-order valence-corrected chi connectivity index (χ2v) is 1.80. The summed E-state index contributed by atoms with van der Waals surface area (Å²) in [5, 5.41) is 0. The van der Waals surface area contributed by atoms with Gasteiger partial charge in [-0.2, -0.15) is 0 Å². The van der Waals surface area contributed by atoms with Crippen LogP contribution in [0.3, 0.4) is 0 Å². The van der Waals surface area contributed by atoms with Crippen LogP contribution in [-0.4, -0.2) is 5.75 Å². The van der Waals surface area contributed by atoms with Gasteiger partial charge in [-0.05, 0) is 6.92 Å². The SMILES string of the molecule is CC#CC(C)C[S]. The van der Waals surface area contributed by atoms with Crippen LogP contribution in [0.1, 0.15) is 13.8 Å². The van der Waals surface area contributed by atoms with Gasteiger partial charge in [0.1, 0.15) is 0 Å². The summed E-state index contributed by atoms with van der Waals surface area (Å²) in [4.78, 5) is 0. The fourth-order valence-corrected chi connectivity index (χ4v) is 0.371. The van der Waals surface area contributed by atoms with E-state index in [0.29, 0.717) is 5.92 Å². The molecule has 39 valence electrons. The molecule has 0 amide bonds. The van der Waals surface area contributed by atoms with E-state index in [9.17, 15) is 0 Å². The summed E-state index contributed by atoms with van der Waals surface area (Å²) in [7, 11) is 0. The summed E-state index contributed by atoms with van der Waals surface area (Å²) in [5.41, 5.74) is 0. The van der Waals surface area contributed by atoms with Crippen LogP contribution in [-0.2, 0) is 0 Å². The second-order valence-electron chi connectivity index (χ2n) is 1.46. The monoisotopic (exact) mass is 113 g/mol. The van der Waals surface area contributed by atoms with Crippen LogP contribution in [0.15, 0.2) is 0 Å². The van der Waals surface area contributed by atoms with Crippen molar-refractivity contribution in [2.24, 2.45) is 5.92 Å². The highest BCUT2D eigenvalue weighted by molar-refractivity contribution is 7.80. The molecular formula is C6H9S. The molecule has 0 bridgehead atoms. The summed E-state index contributed by atoms with van der Waals surface area (Å²) in [5.74, 6) is 6.90. The maximum absolute atomic E-state index is 4.74. The van der Waals surface area contributed by atoms with Gasteiger partial charge in [-0.15, -0.1) is 5.92 Å². The molecule has 1 heteroatoms. The van der Waals surface area contributed by atoms with E-state index in [-0.39, 0.29) is 0 Å². The average molecular weight is 113 g/mol. The molecule has 0 spiro atoms. The highest BCUT2D eigenvalue weighted by atomic mass is 32.1. The first-order valence-corrected chi connectivity index (χ1v) is 2.89. The van der Waals surface area contributed by atoms with Crippen molar-refractivity contribution in [2.45, 2.75) is 13.8 Å². The molecule has 0 rings (SSSR count). The zero-order chi connectivity index (χ0) is 5.70. The van der Waals surface area contributed by atoms with E-state index in [0.717, 1.165) is 5.75 Å². The van der Waals surface area contributed by atoms with Gasteiger partial charge in [0.05, 0.1) is 0 Å². The zero-order valence-corrected chi connectivity index (χ0v) is 5.51. The first kappa shape index (κ1) is 6.91. The molecule has 0 aliphatic rings. The average Bonchev–Trinajstić information content (AvgIpc) is 1.68. The standard InChI is InChI=1S/C6H9S/c1-3-4-6(2)5-7/h6H,5H2,1-2H3. The van der Waals surface area contributed by atoms with Crippen molar-refractivity contribution in [1.82, 2.24) is 0 Å². The molecule has 1 unspecified atom stereocenters. The summed E-state index contributed by atoms with van der Waals surface area (Å²) >= 11 is 4.74. The van der Waals surface area contributed by atoms with Gasteiger partial charge >= 0.3 is 0 Å². The van der Waals surface area contributed by atoms with Crippen molar-refractivity contribution in [3.05, 3.63) is 0 Å². The minimum Gasteiger partial charge on any atom is -0.106 e. The molecule has 0 aromatic rings. The second kappa shape index (κ2) is 4.08. The fourth-order valence-electron chi connectivity index (χ4n) is 0.288. The molecule has 1 atom stereocenters. The summed E-state index contributed by atoms with van der Waals surface area (Å²) in [6.45, 7) is 3.87. The van der Waals surface area contributed by atoms with Crippen molar-refractivity contribution in [1.29, 1.82) is 0 Å². The number of hydrogen-bond acceptors (Lipinski definition) is 0. The van der Waals surface area contributed by atoms with E-state index in [1.54, 1.807) is 0 Å². The molecule has 0 saturated heterocycles. The Bertz CT molecular complexity index is 86.1. The largest absolute Gasteiger partial charge is 0.106 e. The lowest BCUT2D eigenvalue weighted by molar-refractivity contribution is 0.885. The number of hydrogen-bond donors (Lipinski definition) is 0. The Labute approximate surface area is 50.7 Å². The van der Waals surface area contributed by atoms with Gasteiger partial charge in [0.15, 0.2) is 0 Å². The minimum atomic E-state index is 0.403. The van der Waals surface area contributed by atoms with Crippen molar-refractivity contribution < 1.29 is 0 Å². The highest BCUT2D eigenvalue weighted by Crippen LogP contribution is 1.92. The predicted molar refractivity (Wildman–Crippen MR) is 35.1 cm³/mol. The van der Waals surface area contributed by atoms with E-state index >= 15 is 0 Å². The Morgan fingerprint density at radius 2 is 2.29 bits per heavy atom. The molecule has 0 aromatic carbocycles. The molecule has 7 heavy (non-hydrogen) atoms. The highest BCUT2D eigenvalue weighted by Gasteiger charge is 1.87. The van der Waals surface area contributed by atoms with Gasteiger partial charge in [0.2, 0.25) is 0 Å². The third kappa shape index (κ3) is 3.75. The van der Waals surface area contributed by atoms with E-state index in [4.69, 9.17) is 12.6 Å². The van der Waals surface area contributed by atoms with Gasteiger partial charge in [0, 0.05) is 11.7 Å². The first-order valence-electron chi connectivity index (χ1n) is 2.31. The van der Waals surface area contributed by atoms with Crippen LogP contribution >= 0.6 is 12.6 Å². The molecule has 0 aliphatic carbocycles. The predicted octanol–water partition coefficient (Wildman–Crippen LogP) is 1.84. The molecule has 0 N–H and O–H groups in total. The Morgan fingerprint density at radius 3 is 2.43 bits per heavy atom. The van der Waals surface area contributed by atoms with Crippen LogP contribution < -0.4 is 0 Å². The van der Waals surface area contributed by atoms with Crippen molar-refractivity contribution in [3.63, 3.8) is 0 Å². The van der Waals surface area contributed by atoms with Gasteiger partial charge in [0.25, 0.3) is 0 Å². The maximum atomic E-state index is 4.74. The summed E-state index contributed by atoms with van der Waals surface area (Å²) in [6, 6.07) is 0. The van der Waals surface area contributed by atoms with E-state index in [1.165, 1.54) is 0 Å². The fraction of sp³-hybridized carbons (Fsp3) is 0.667. The molecule has 0 heterocycles. The molecule has 1 radical (unpaired) electrons. The molecular weight excluding hydrogens is 104 g/mol. The van der Waals surface area contributed by atoms with Gasteiger partial charge in [-0.25, -0.2) is 0 Å². The van der Waals surface area contributed by atoms with Crippen LogP contribution in [0, 0.1) is 17.8 Å². The van der Waals surface area contributed by atoms with Crippen LogP contribution in [0.4, 0.5) is 0 Å². The van der Waals surface area contributed by atoms with E-state index in [2.05, 4.69) is 11.8 Å². The van der Waals surface area contributed by atoms with Gasteiger partial charge in [-0.1, -0.05) is 25.5 Å². The van der Waals surface area contributed by atoms with Gasteiger partial charge in [-0.3, -0.25) is 0 Å². The Balaban J connectivity index is 3.29.